The van der Waals surface area contributed by atoms with Gasteiger partial charge in [-0.1, -0.05) is 23.2 Å². The molecule has 0 spiro atoms. The van der Waals surface area contributed by atoms with Gasteiger partial charge in [-0.25, -0.2) is 8.42 Å². The summed E-state index contributed by atoms with van der Waals surface area (Å²) >= 11 is 12.1. The Balaban J connectivity index is 1.45. The Hall–Kier alpha value is -2.03. The molecule has 2 heterocycles. The second kappa shape index (κ2) is 7.00. The van der Waals surface area contributed by atoms with Crippen molar-refractivity contribution < 1.29 is 13.2 Å². The second-order valence-electron chi connectivity index (χ2n) is 8.23. The SMILES string of the molecule is CC1(S(=O)(=O)Nc2nnc3cc(COc4cc(Cl)cc(Cl)c4)c(C4CC4)cn23)CC1. The number of ether oxygens (including phenoxy) is 1. The van der Waals surface area contributed by atoms with Crippen LogP contribution in [0.3, 0.4) is 0 Å². The van der Waals surface area contributed by atoms with Gasteiger partial charge in [0.1, 0.15) is 12.4 Å². The minimum Gasteiger partial charge on any atom is -0.489 e. The van der Waals surface area contributed by atoms with Gasteiger partial charge in [0.2, 0.25) is 16.0 Å². The minimum absolute atomic E-state index is 0.217. The average Bonchev–Trinajstić information content (AvgIpc) is 3.60. The van der Waals surface area contributed by atoms with Gasteiger partial charge in [-0.05, 0) is 73.9 Å². The van der Waals surface area contributed by atoms with Gasteiger partial charge in [-0.15, -0.1) is 10.2 Å². The summed E-state index contributed by atoms with van der Waals surface area (Å²) < 4.78 is 34.7. The number of pyridine rings is 1. The number of aromatic nitrogens is 3. The standard InChI is InChI=1S/C20H20Cl2N4O3S/c1-20(4-5-20)30(27,28)25-19-24-23-18-6-13(17(10-26(18)19)12-2-3-12)11-29-16-8-14(21)7-15(22)9-16/h6-10,12H,2-5,11H2,1H3,(H,24,25). The van der Waals surface area contributed by atoms with Crippen molar-refractivity contribution >= 4 is 44.8 Å². The van der Waals surface area contributed by atoms with Crippen molar-refractivity contribution in [2.24, 2.45) is 0 Å². The van der Waals surface area contributed by atoms with E-state index < -0.39 is 14.8 Å². The Bertz CT molecular complexity index is 1230. The summed E-state index contributed by atoms with van der Waals surface area (Å²) in [5.74, 6) is 1.22. The Morgan fingerprint density at radius 2 is 1.87 bits per heavy atom. The largest absolute Gasteiger partial charge is 0.489 e. The third-order valence-electron chi connectivity index (χ3n) is 5.74. The zero-order valence-corrected chi connectivity index (χ0v) is 18.6. The first-order valence-electron chi connectivity index (χ1n) is 9.73. The number of nitrogens with zero attached hydrogens (tertiary/aromatic N) is 3. The highest BCUT2D eigenvalue weighted by atomic mass is 35.5. The van der Waals surface area contributed by atoms with Crippen molar-refractivity contribution in [1.82, 2.24) is 14.6 Å². The summed E-state index contributed by atoms with van der Waals surface area (Å²) in [6.07, 6.45) is 5.40. The lowest BCUT2D eigenvalue weighted by Crippen LogP contribution is -2.27. The summed E-state index contributed by atoms with van der Waals surface area (Å²) in [7, 11) is -3.51. The maximum atomic E-state index is 12.6. The van der Waals surface area contributed by atoms with Gasteiger partial charge in [0, 0.05) is 16.2 Å². The normalized spacial score (nSPS) is 17.8. The predicted molar refractivity (Wildman–Crippen MR) is 116 cm³/mol. The van der Waals surface area contributed by atoms with E-state index in [0.29, 0.717) is 46.8 Å². The van der Waals surface area contributed by atoms with Crippen molar-refractivity contribution in [2.45, 2.75) is 49.9 Å². The van der Waals surface area contributed by atoms with Crippen LogP contribution in [0.1, 0.15) is 49.7 Å². The molecular weight excluding hydrogens is 447 g/mol. The Morgan fingerprint density at radius 1 is 1.17 bits per heavy atom. The third kappa shape index (κ3) is 3.72. The van der Waals surface area contributed by atoms with Gasteiger partial charge in [-0.3, -0.25) is 9.12 Å². The van der Waals surface area contributed by atoms with E-state index in [-0.39, 0.29) is 5.95 Å². The number of rotatable bonds is 7. The molecule has 0 amide bonds. The molecule has 30 heavy (non-hydrogen) atoms. The van der Waals surface area contributed by atoms with E-state index in [1.54, 1.807) is 29.5 Å². The molecule has 2 saturated carbocycles. The van der Waals surface area contributed by atoms with Gasteiger partial charge in [-0.2, -0.15) is 0 Å². The second-order valence-corrected chi connectivity index (χ2v) is 11.3. The van der Waals surface area contributed by atoms with Crippen LogP contribution in [0.4, 0.5) is 5.95 Å². The number of sulfonamides is 1. The van der Waals surface area contributed by atoms with Crippen LogP contribution in [-0.2, 0) is 16.6 Å². The molecular formula is C20H20Cl2N4O3S. The number of fused-ring (bicyclic) bond motifs is 1. The highest BCUT2D eigenvalue weighted by molar-refractivity contribution is 7.94. The zero-order chi connectivity index (χ0) is 21.1. The number of anilines is 1. The van der Waals surface area contributed by atoms with E-state index in [2.05, 4.69) is 14.9 Å². The molecule has 0 atom stereocenters. The quantitative estimate of drug-likeness (QED) is 0.540. The lowest BCUT2D eigenvalue weighted by molar-refractivity contribution is 0.305. The fraction of sp³-hybridized carbons (Fsp3) is 0.400. The molecule has 3 aromatic rings. The summed E-state index contributed by atoms with van der Waals surface area (Å²) in [6.45, 7) is 2.07. The summed E-state index contributed by atoms with van der Waals surface area (Å²) in [4.78, 5) is 0. The van der Waals surface area contributed by atoms with Crippen LogP contribution in [0, 0.1) is 0 Å². The van der Waals surface area contributed by atoms with Crippen LogP contribution in [0.5, 0.6) is 5.75 Å². The molecule has 1 N–H and O–H groups in total. The minimum atomic E-state index is -3.51. The van der Waals surface area contributed by atoms with Gasteiger partial charge in [0.15, 0.2) is 5.65 Å². The topological polar surface area (TPSA) is 85.6 Å². The molecule has 10 heteroatoms. The maximum absolute atomic E-state index is 12.6. The molecule has 0 radical (unpaired) electrons. The first-order chi connectivity index (χ1) is 14.2. The van der Waals surface area contributed by atoms with Crippen molar-refractivity contribution in [3.8, 4) is 5.75 Å². The van der Waals surface area contributed by atoms with Crippen LogP contribution in [0.2, 0.25) is 10.0 Å². The van der Waals surface area contributed by atoms with Crippen LogP contribution < -0.4 is 9.46 Å². The van der Waals surface area contributed by atoms with E-state index in [1.807, 2.05) is 12.3 Å². The molecule has 158 valence electrons. The summed E-state index contributed by atoms with van der Waals surface area (Å²) in [5.41, 5.74) is 2.64. The van der Waals surface area contributed by atoms with Gasteiger partial charge in [0.05, 0.1) is 4.75 Å². The molecule has 1 aromatic carbocycles. The molecule has 0 unspecified atom stereocenters. The monoisotopic (exact) mass is 466 g/mol. The first-order valence-corrected chi connectivity index (χ1v) is 12.0. The van der Waals surface area contributed by atoms with Crippen LogP contribution >= 0.6 is 23.2 Å². The number of hydrogen-bond acceptors (Lipinski definition) is 5. The first kappa shape index (κ1) is 19.9. The Labute approximate surface area is 184 Å². The smallest absolute Gasteiger partial charge is 0.242 e. The fourth-order valence-electron chi connectivity index (χ4n) is 3.41. The zero-order valence-electron chi connectivity index (χ0n) is 16.2. The van der Waals surface area contributed by atoms with E-state index in [1.165, 1.54) is 0 Å². The van der Waals surface area contributed by atoms with E-state index in [0.717, 1.165) is 24.0 Å². The maximum Gasteiger partial charge on any atom is 0.242 e. The lowest BCUT2D eigenvalue weighted by Gasteiger charge is -2.14. The number of halogens is 2. The highest BCUT2D eigenvalue weighted by Gasteiger charge is 2.50. The third-order valence-corrected chi connectivity index (χ3v) is 8.33. The predicted octanol–water partition coefficient (Wildman–Crippen LogP) is 4.79. The molecule has 5 rings (SSSR count). The fourth-order valence-corrected chi connectivity index (χ4v) is 5.18. The molecule has 0 bridgehead atoms. The average molecular weight is 467 g/mol. The van der Waals surface area contributed by atoms with Crippen LogP contribution in [-0.4, -0.2) is 27.8 Å². The molecule has 0 aliphatic heterocycles. The Kier molecular flexibility index (Phi) is 4.65. The van der Waals surface area contributed by atoms with Crippen molar-refractivity contribution in [2.75, 3.05) is 4.72 Å². The van der Waals surface area contributed by atoms with E-state index >= 15 is 0 Å². The van der Waals surface area contributed by atoms with Crippen LogP contribution in [0.25, 0.3) is 5.65 Å². The van der Waals surface area contributed by atoms with Gasteiger partial charge >= 0.3 is 0 Å². The van der Waals surface area contributed by atoms with E-state index in [4.69, 9.17) is 27.9 Å². The molecule has 7 nitrogen and oxygen atoms in total. The molecule has 2 aromatic heterocycles. The molecule has 2 aliphatic rings. The summed E-state index contributed by atoms with van der Waals surface area (Å²) in [5, 5.41) is 9.25. The van der Waals surface area contributed by atoms with Crippen molar-refractivity contribution in [1.29, 1.82) is 0 Å². The Morgan fingerprint density at radius 3 is 2.50 bits per heavy atom. The highest BCUT2D eigenvalue weighted by Crippen LogP contribution is 2.44. The number of benzene rings is 1. The van der Waals surface area contributed by atoms with E-state index in [9.17, 15) is 8.42 Å². The molecule has 2 fully saturated rings. The summed E-state index contributed by atoms with van der Waals surface area (Å²) in [6, 6.07) is 6.97. The van der Waals surface area contributed by atoms with Gasteiger partial charge < -0.3 is 4.74 Å². The molecule has 0 saturated heterocycles. The lowest BCUT2D eigenvalue weighted by atomic mass is 10.1. The van der Waals surface area contributed by atoms with Crippen molar-refractivity contribution in [3.05, 3.63) is 51.6 Å². The van der Waals surface area contributed by atoms with Gasteiger partial charge in [0.25, 0.3) is 0 Å². The number of nitrogens with one attached hydrogen (secondary N) is 1. The van der Waals surface area contributed by atoms with Crippen molar-refractivity contribution in [3.63, 3.8) is 0 Å². The number of hydrogen-bond donors (Lipinski definition) is 1. The van der Waals surface area contributed by atoms with Crippen LogP contribution in [0.15, 0.2) is 30.5 Å². The molecule has 2 aliphatic carbocycles.